The van der Waals surface area contributed by atoms with Crippen LogP contribution >= 0.6 is 0 Å². The number of carboxylic acid groups (broad SMARTS) is 1. The third kappa shape index (κ3) is 9.25. The second-order valence-electron chi connectivity index (χ2n) is 10.3. The summed E-state index contributed by atoms with van der Waals surface area (Å²) in [6.45, 7) is 0. The van der Waals surface area contributed by atoms with Crippen LogP contribution in [0.2, 0.25) is 0 Å². The molecule has 2 heterocycles. The van der Waals surface area contributed by atoms with Crippen molar-refractivity contribution in [2.45, 2.75) is 49.9 Å². The number of imidazole rings is 2. The monoisotopic (exact) mass is 602 g/mol. The molecular weight excluding hydrogens is 568 g/mol. The number of H-pyrrole nitrogens is 2. The Hall–Kier alpha value is -5.50. The molecule has 9 N–H and O–H groups in total. The molecule has 2 aromatic heterocycles. The molecule has 0 saturated heterocycles. The molecular formula is C30H34N8O6. The van der Waals surface area contributed by atoms with Gasteiger partial charge in [-0.15, -0.1) is 0 Å². The number of nitrogens with one attached hydrogen (secondary N) is 5. The van der Waals surface area contributed by atoms with Gasteiger partial charge in [-0.25, -0.2) is 14.8 Å². The molecule has 0 saturated carbocycles. The van der Waals surface area contributed by atoms with E-state index in [9.17, 15) is 29.4 Å². The number of carbonyl (C=O) groups is 4. The van der Waals surface area contributed by atoms with Crippen molar-refractivity contribution in [1.82, 2.24) is 35.9 Å². The first-order chi connectivity index (χ1) is 21.2. The van der Waals surface area contributed by atoms with Gasteiger partial charge in [0, 0.05) is 43.0 Å². The molecule has 4 aromatic rings. The van der Waals surface area contributed by atoms with Crippen LogP contribution in [0.1, 0.15) is 22.5 Å². The van der Waals surface area contributed by atoms with Gasteiger partial charge in [0.05, 0.1) is 18.7 Å². The van der Waals surface area contributed by atoms with Crippen LogP contribution in [-0.4, -0.2) is 78.0 Å². The van der Waals surface area contributed by atoms with E-state index >= 15 is 0 Å². The number of aromatic hydroxyl groups is 1. The maximum atomic E-state index is 13.6. The van der Waals surface area contributed by atoms with Crippen molar-refractivity contribution in [2.24, 2.45) is 5.73 Å². The zero-order valence-electron chi connectivity index (χ0n) is 23.6. The van der Waals surface area contributed by atoms with Crippen molar-refractivity contribution in [2.75, 3.05) is 0 Å². The van der Waals surface area contributed by atoms with E-state index in [0.29, 0.717) is 17.0 Å². The molecule has 4 unspecified atom stereocenters. The molecule has 3 amide bonds. The highest BCUT2D eigenvalue weighted by Crippen LogP contribution is 2.12. The summed E-state index contributed by atoms with van der Waals surface area (Å²) in [6, 6.07) is 10.5. The fourth-order valence-corrected chi connectivity index (χ4v) is 4.50. The van der Waals surface area contributed by atoms with Crippen LogP contribution < -0.4 is 21.7 Å². The Bertz CT molecular complexity index is 1510. The zero-order chi connectivity index (χ0) is 31.5. The Kier molecular flexibility index (Phi) is 10.8. The second kappa shape index (κ2) is 15.1. The lowest BCUT2D eigenvalue weighted by molar-refractivity contribution is -0.142. The minimum Gasteiger partial charge on any atom is -0.508 e. The SMILES string of the molecule is NC(Cc1ccccc1)C(=O)NC(Cc1cnc[nH]1)C(=O)NC(Cc1cnc[nH]1)C(=O)NC(Cc1ccc(O)cc1)C(=O)O. The summed E-state index contributed by atoms with van der Waals surface area (Å²) in [5, 5.41) is 27.2. The van der Waals surface area contributed by atoms with Gasteiger partial charge in [0.25, 0.3) is 0 Å². The fraction of sp³-hybridized carbons (Fsp3) is 0.267. The summed E-state index contributed by atoms with van der Waals surface area (Å²) in [5.41, 5.74) is 8.64. The van der Waals surface area contributed by atoms with Crippen molar-refractivity contribution in [3.8, 4) is 5.75 Å². The Labute approximate surface area is 252 Å². The van der Waals surface area contributed by atoms with E-state index in [2.05, 4.69) is 35.9 Å². The van der Waals surface area contributed by atoms with Gasteiger partial charge in [-0.1, -0.05) is 42.5 Å². The van der Waals surface area contributed by atoms with Crippen LogP contribution in [-0.2, 0) is 44.9 Å². The van der Waals surface area contributed by atoms with E-state index in [1.807, 2.05) is 30.3 Å². The first-order valence-electron chi connectivity index (χ1n) is 13.8. The van der Waals surface area contributed by atoms with Crippen molar-refractivity contribution in [1.29, 1.82) is 0 Å². The highest BCUT2D eigenvalue weighted by molar-refractivity contribution is 5.94. The quantitative estimate of drug-likeness (QED) is 0.0912. The van der Waals surface area contributed by atoms with Crippen LogP contribution in [0.3, 0.4) is 0 Å². The number of rotatable bonds is 15. The van der Waals surface area contributed by atoms with Gasteiger partial charge in [0.1, 0.15) is 23.9 Å². The number of aromatic amines is 2. The third-order valence-electron chi connectivity index (χ3n) is 6.85. The van der Waals surface area contributed by atoms with Gasteiger partial charge in [0.2, 0.25) is 17.7 Å². The minimum atomic E-state index is -1.33. The number of hydrogen-bond donors (Lipinski definition) is 8. The Morgan fingerprint density at radius 1 is 0.682 bits per heavy atom. The number of phenolic OH excluding ortho intramolecular Hbond substituents is 1. The molecule has 14 heteroatoms. The van der Waals surface area contributed by atoms with Crippen molar-refractivity contribution in [3.63, 3.8) is 0 Å². The number of carbonyl (C=O) groups excluding carboxylic acids is 3. The van der Waals surface area contributed by atoms with E-state index in [0.717, 1.165) is 5.56 Å². The molecule has 44 heavy (non-hydrogen) atoms. The molecule has 0 fully saturated rings. The number of carboxylic acids is 1. The van der Waals surface area contributed by atoms with Gasteiger partial charge in [0.15, 0.2) is 0 Å². The topological polar surface area (TPSA) is 228 Å². The Morgan fingerprint density at radius 2 is 1.18 bits per heavy atom. The predicted molar refractivity (Wildman–Crippen MR) is 158 cm³/mol. The van der Waals surface area contributed by atoms with E-state index in [4.69, 9.17) is 5.73 Å². The van der Waals surface area contributed by atoms with E-state index in [-0.39, 0.29) is 31.4 Å². The predicted octanol–water partition coefficient (Wildman–Crippen LogP) is -0.0247. The molecule has 2 aromatic carbocycles. The Morgan fingerprint density at radius 3 is 1.68 bits per heavy atom. The van der Waals surface area contributed by atoms with Crippen LogP contribution in [0.5, 0.6) is 5.75 Å². The third-order valence-corrected chi connectivity index (χ3v) is 6.85. The average molecular weight is 603 g/mol. The van der Waals surface area contributed by atoms with E-state index in [1.54, 1.807) is 12.1 Å². The van der Waals surface area contributed by atoms with Crippen LogP contribution in [0.25, 0.3) is 0 Å². The summed E-state index contributed by atoms with van der Waals surface area (Å²) >= 11 is 0. The second-order valence-corrected chi connectivity index (χ2v) is 10.3. The Balaban J connectivity index is 1.50. The molecule has 4 rings (SSSR count). The number of aliphatic carboxylic acids is 1. The van der Waals surface area contributed by atoms with Gasteiger partial charge < -0.3 is 41.9 Å². The lowest BCUT2D eigenvalue weighted by atomic mass is 10.0. The molecule has 0 aliphatic carbocycles. The molecule has 0 radical (unpaired) electrons. The highest BCUT2D eigenvalue weighted by Gasteiger charge is 2.31. The number of nitrogens with zero attached hydrogens (tertiary/aromatic N) is 2. The zero-order valence-corrected chi connectivity index (χ0v) is 23.6. The largest absolute Gasteiger partial charge is 0.508 e. The highest BCUT2D eigenvalue weighted by atomic mass is 16.4. The van der Waals surface area contributed by atoms with Crippen LogP contribution in [0, 0.1) is 0 Å². The molecule has 230 valence electrons. The summed E-state index contributed by atoms with van der Waals surface area (Å²) in [6.07, 6.45) is 5.98. The summed E-state index contributed by atoms with van der Waals surface area (Å²) in [5.74, 6) is -3.28. The standard InChI is InChI=1S/C30H34N8O6/c31-23(10-18-4-2-1-3-5-18)27(40)36-24(12-20-14-32-16-34-20)28(41)37-25(13-21-15-33-17-35-21)29(42)38-26(30(43)44)11-19-6-8-22(39)9-7-19/h1-9,14-17,23-26,39H,10-13,31H2,(H,32,34)(H,33,35)(H,36,40)(H,37,41)(H,38,42)(H,43,44). The maximum Gasteiger partial charge on any atom is 0.326 e. The first-order valence-corrected chi connectivity index (χ1v) is 13.8. The molecule has 0 aliphatic heterocycles. The van der Waals surface area contributed by atoms with E-state index < -0.39 is 47.9 Å². The molecule has 0 bridgehead atoms. The summed E-state index contributed by atoms with van der Waals surface area (Å²) in [7, 11) is 0. The lowest BCUT2D eigenvalue weighted by Gasteiger charge is -2.25. The number of aromatic nitrogens is 4. The first kappa shape index (κ1) is 31.4. The van der Waals surface area contributed by atoms with Gasteiger partial charge in [-0.05, 0) is 29.7 Å². The average Bonchev–Trinajstić information content (AvgIpc) is 3.72. The van der Waals surface area contributed by atoms with Crippen LogP contribution in [0.15, 0.2) is 79.6 Å². The summed E-state index contributed by atoms with van der Waals surface area (Å²) < 4.78 is 0. The van der Waals surface area contributed by atoms with Crippen molar-refractivity contribution in [3.05, 3.63) is 102 Å². The smallest absolute Gasteiger partial charge is 0.326 e. The normalized spacial score (nSPS) is 13.7. The van der Waals surface area contributed by atoms with Gasteiger partial charge >= 0.3 is 5.97 Å². The molecule has 0 aliphatic rings. The van der Waals surface area contributed by atoms with Gasteiger partial charge in [-0.3, -0.25) is 14.4 Å². The number of hydrogen-bond acceptors (Lipinski definition) is 8. The van der Waals surface area contributed by atoms with Crippen LogP contribution in [0.4, 0.5) is 0 Å². The molecule has 4 atom stereocenters. The van der Waals surface area contributed by atoms with Crippen molar-refractivity contribution >= 4 is 23.7 Å². The van der Waals surface area contributed by atoms with Crippen molar-refractivity contribution < 1.29 is 29.4 Å². The summed E-state index contributed by atoms with van der Waals surface area (Å²) in [4.78, 5) is 65.9. The fourth-order valence-electron chi connectivity index (χ4n) is 4.50. The van der Waals surface area contributed by atoms with Gasteiger partial charge in [-0.2, -0.15) is 0 Å². The minimum absolute atomic E-state index is 0.0183. The maximum absolute atomic E-state index is 13.6. The lowest BCUT2D eigenvalue weighted by Crippen LogP contribution is -2.58. The number of amides is 3. The number of phenols is 1. The van der Waals surface area contributed by atoms with E-state index in [1.165, 1.54) is 37.2 Å². The number of benzene rings is 2. The molecule has 14 nitrogen and oxygen atoms in total. The molecule has 0 spiro atoms. The number of nitrogens with two attached hydrogens (primary N) is 1.